The fourth-order valence-electron chi connectivity index (χ4n) is 4.11. The summed E-state index contributed by atoms with van der Waals surface area (Å²) >= 11 is 0. The first-order valence-electron chi connectivity index (χ1n) is 9.34. The molecule has 1 unspecified atom stereocenters. The van der Waals surface area contributed by atoms with Crippen LogP contribution in [0.2, 0.25) is 0 Å². The molecule has 3 rings (SSSR count). The van der Waals surface area contributed by atoms with Gasteiger partial charge in [-0.05, 0) is 59.1 Å². The van der Waals surface area contributed by atoms with Gasteiger partial charge in [-0.3, -0.25) is 0 Å². The molecular weight excluding hydrogens is 372 g/mol. The van der Waals surface area contributed by atoms with Gasteiger partial charge >= 0.3 is 6.18 Å². The Bertz CT molecular complexity index is 843. The summed E-state index contributed by atoms with van der Waals surface area (Å²) in [5, 5.41) is 9.54. The summed E-state index contributed by atoms with van der Waals surface area (Å²) < 4.78 is 56.8. The summed E-state index contributed by atoms with van der Waals surface area (Å²) in [6.45, 7) is 2.78. The van der Waals surface area contributed by atoms with Crippen LogP contribution >= 0.6 is 0 Å². The Morgan fingerprint density at radius 2 is 1.86 bits per heavy atom. The number of hydrogen-bond acceptors (Lipinski definition) is 2. The number of halogens is 4. The van der Waals surface area contributed by atoms with E-state index in [-0.39, 0.29) is 29.3 Å². The molecule has 1 saturated carbocycles. The molecule has 2 aromatic rings. The summed E-state index contributed by atoms with van der Waals surface area (Å²) in [7, 11) is 0. The van der Waals surface area contributed by atoms with Gasteiger partial charge in [0.05, 0.1) is 6.61 Å². The third-order valence-corrected chi connectivity index (χ3v) is 5.56. The van der Waals surface area contributed by atoms with Crippen LogP contribution in [0.15, 0.2) is 36.4 Å². The average molecular weight is 396 g/mol. The van der Waals surface area contributed by atoms with Crippen molar-refractivity contribution < 1.29 is 27.4 Å². The summed E-state index contributed by atoms with van der Waals surface area (Å²) in [5.74, 6) is -0.377. The molecule has 1 aliphatic carbocycles. The molecule has 0 spiro atoms. The van der Waals surface area contributed by atoms with E-state index in [0.717, 1.165) is 36.5 Å². The summed E-state index contributed by atoms with van der Waals surface area (Å²) in [6, 6.07) is 8.98. The number of alkyl halides is 3. The molecule has 2 nitrogen and oxygen atoms in total. The smallest absolute Gasteiger partial charge is 0.422 e. The second-order valence-electron chi connectivity index (χ2n) is 8.06. The predicted molar refractivity (Wildman–Crippen MR) is 99.7 cm³/mol. The van der Waals surface area contributed by atoms with E-state index in [1.807, 2.05) is 6.07 Å². The standard InChI is InChI=1S/C22H24F4O2/c1-21(2)9-3-4-19(21)17-10-14(12-27)5-7-16(17)18-11-15(6-8-20(18)23)28-13-22(24,25)26/h5-8,10-11,19,27H,3-4,9,12-13H2,1-2H3. The van der Waals surface area contributed by atoms with Crippen molar-refractivity contribution in [3.05, 3.63) is 53.3 Å². The van der Waals surface area contributed by atoms with Crippen LogP contribution in [0.1, 0.15) is 50.2 Å². The Morgan fingerprint density at radius 1 is 1.11 bits per heavy atom. The molecule has 0 saturated heterocycles. The quantitative estimate of drug-likeness (QED) is 0.608. The molecule has 0 aromatic heterocycles. The molecule has 0 amide bonds. The first-order chi connectivity index (χ1) is 13.1. The number of benzene rings is 2. The maximum absolute atomic E-state index is 14.6. The van der Waals surface area contributed by atoms with Crippen LogP contribution < -0.4 is 4.74 Å². The molecule has 1 fully saturated rings. The van der Waals surface area contributed by atoms with Crippen molar-refractivity contribution in [2.24, 2.45) is 5.41 Å². The van der Waals surface area contributed by atoms with Gasteiger partial charge in [-0.25, -0.2) is 4.39 Å². The number of aliphatic hydroxyl groups excluding tert-OH is 1. The molecule has 152 valence electrons. The fraction of sp³-hybridized carbons (Fsp3) is 0.455. The van der Waals surface area contributed by atoms with Crippen LogP contribution in [-0.4, -0.2) is 17.9 Å². The zero-order valence-electron chi connectivity index (χ0n) is 15.9. The highest BCUT2D eigenvalue weighted by atomic mass is 19.4. The van der Waals surface area contributed by atoms with Gasteiger partial charge in [0.15, 0.2) is 6.61 Å². The second kappa shape index (κ2) is 7.74. The van der Waals surface area contributed by atoms with E-state index in [2.05, 4.69) is 13.8 Å². The van der Waals surface area contributed by atoms with E-state index in [0.29, 0.717) is 5.56 Å². The van der Waals surface area contributed by atoms with Crippen LogP contribution in [0.3, 0.4) is 0 Å². The molecule has 1 N–H and O–H groups in total. The summed E-state index contributed by atoms with van der Waals surface area (Å²) in [6.07, 6.45) is -1.42. The van der Waals surface area contributed by atoms with Crippen LogP contribution in [0.5, 0.6) is 5.75 Å². The van der Waals surface area contributed by atoms with E-state index in [9.17, 15) is 22.7 Å². The van der Waals surface area contributed by atoms with Crippen molar-refractivity contribution in [3.63, 3.8) is 0 Å². The molecule has 0 bridgehead atoms. The summed E-state index contributed by atoms with van der Waals surface area (Å²) in [4.78, 5) is 0. The molecule has 0 aliphatic heterocycles. The molecule has 28 heavy (non-hydrogen) atoms. The van der Waals surface area contributed by atoms with Crippen LogP contribution in [0.25, 0.3) is 11.1 Å². The van der Waals surface area contributed by atoms with Gasteiger partial charge in [0.1, 0.15) is 11.6 Å². The Hall–Kier alpha value is -2.08. The van der Waals surface area contributed by atoms with Crippen molar-refractivity contribution in [1.82, 2.24) is 0 Å². The first kappa shape index (κ1) is 20.6. The molecule has 1 aliphatic rings. The molecule has 0 heterocycles. The number of ether oxygens (including phenoxy) is 1. The van der Waals surface area contributed by atoms with E-state index >= 15 is 0 Å². The lowest BCUT2D eigenvalue weighted by molar-refractivity contribution is -0.153. The minimum Gasteiger partial charge on any atom is -0.484 e. The van der Waals surface area contributed by atoms with Crippen LogP contribution in [-0.2, 0) is 6.61 Å². The van der Waals surface area contributed by atoms with Gasteiger partial charge in [-0.2, -0.15) is 13.2 Å². The highest BCUT2D eigenvalue weighted by Crippen LogP contribution is 2.51. The second-order valence-corrected chi connectivity index (χ2v) is 8.06. The Kier molecular flexibility index (Phi) is 5.71. The third-order valence-electron chi connectivity index (χ3n) is 5.56. The number of rotatable bonds is 5. The summed E-state index contributed by atoms with van der Waals surface area (Å²) in [5.41, 5.74) is 2.50. The van der Waals surface area contributed by atoms with Crippen molar-refractivity contribution in [1.29, 1.82) is 0 Å². The monoisotopic (exact) mass is 396 g/mol. The van der Waals surface area contributed by atoms with Gasteiger partial charge in [0.2, 0.25) is 0 Å². The lowest BCUT2D eigenvalue weighted by Gasteiger charge is -2.30. The van der Waals surface area contributed by atoms with Crippen molar-refractivity contribution in [2.75, 3.05) is 6.61 Å². The van der Waals surface area contributed by atoms with Gasteiger partial charge in [-0.15, -0.1) is 0 Å². The first-order valence-corrected chi connectivity index (χ1v) is 9.34. The zero-order chi connectivity index (χ0) is 20.5. The SMILES string of the molecule is CC1(C)CCCC1c1cc(CO)ccc1-c1cc(OCC(F)(F)F)ccc1F. The van der Waals surface area contributed by atoms with Crippen LogP contribution in [0.4, 0.5) is 17.6 Å². The molecule has 6 heteroatoms. The van der Waals surface area contributed by atoms with Gasteiger partial charge in [0, 0.05) is 5.56 Å². The number of hydrogen-bond donors (Lipinski definition) is 1. The maximum Gasteiger partial charge on any atom is 0.422 e. The number of aliphatic hydroxyl groups is 1. The Labute approximate surface area is 162 Å². The van der Waals surface area contributed by atoms with Gasteiger partial charge in [0.25, 0.3) is 0 Å². The zero-order valence-corrected chi connectivity index (χ0v) is 15.9. The third kappa shape index (κ3) is 4.49. The fourth-order valence-corrected chi connectivity index (χ4v) is 4.11. The molecular formula is C22H24F4O2. The highest BCUT2D eigenvalue weighted by molar-refractivity contribution is 5.71. The largest absolute Gasteiger partial charge is 0.484 e. The van der Waals surface area contributed by atoms with Gasteiger partial charge in [-0.1, -0.05) is 38.5 Å². The minimum atomic E-state index is -4.46. The maximum atomic E-state index is 14.6. The van der Waals surface area contributed by atoms with Crippen molar-refractivity contribution in [2.45, 2.75) is 51.8 Å². The lowest BCUT2D eigenvalue weighted by Crippen LogP contribution is -2.19. The van der Waals surface area contributed by atoms with Gasteiger partial charge < -0.3 is 9.84 Å². The Morgan fingerprint density at radius 3 is 2.46 bits per heavy atom. The lowest BCUT2D eigenvalue weighted by atomic mass is 9.75. The van der Waals surface area contributed by atoms with E-state index < -0.39 is 18.6 Å². The highest BCUT2D eigenvalue weighted by Gasteiger charge is 2.37. The Balaban J connectivity index is 2.05. The molecule has 1 atom stereocenters. The topological polar surface area (TPSA) is 29.5 Å². The molecule has 0 radical (unpaired) electrons. The normalized spacial score (nSPS) is 19.0. The molecule has 2 aromatic carbocycles. The average Bonchev–Trinajstić information content (AvgIpc) is 2.99. The van der Waals surface area contributed by atoms with E-state index in [1.54, 1.807) is 12.1 Å². The van der Waals surface area contributed by atoms with Crippen molar-refractivity contribution in [3.8, 4) is 16.9 Å². The van der Waals surface area contributed by atoms with Crippen molar-refractivity contribution >= 4 is 0 Å². The minimum absolute atomic E-state index is 0.0176. The van der Waals surface area contributed by atoms with E-state index in [1.165, 1.54) is 12.1 Å². The van der Waals surface area contributed by atoms with E-state index in [4.69, 9.17) is 4.74 Å². The predicted octanol–water partition coefficient (Wildman–Crippen LogP) is 6.22. The van der Waals surface area contributed by atoms with Crippen LogP contribution in [0, 0.1) is 11.2 Å².